The first-order chi connectivity index (χ1) is 10.8. The zero-order chi connectivity index (χ0) is 14.9. The number of aromatic amines is 2. The molecule has 4 aromatic rings. The van der Waals surface area contributed by atoms with Gasteiger partial charge in [0.2, 0.25) is 0 Å². The highest BCUT2D eigenvalue weighted by Crippen LogP contribution is 2.22. The number of para-hydroxylation sites is 1. The average molecular weight is 288 g/mol. The molecule has 0 atom stereocenters. The third-order valence-corrected chi connectivity index (χ3v) is 3.56. The van der Waals surface area contributed by atoms with E-state index in [2.05, 4.69) is 19.9 Å². The molecule has 3 aromatic heterocycles. The van der Waals surface area contributed by atoms with Crippen LogP contribution in [0.2, 0.25) is 0 Å². The fourth-order valence-electron chi connectivity index (χ4n) is 2.54. The second kappa shape index (κ2) is 4.96. The van der Waals surface area contributed by atoms with Gasteiger partial charge in [-0.15, -0.1) is 0 Å². The lowest BCUT2D eigenvalue weighted by Crippen LogP contribution is -2.04. The minimum atomic E-state index is -0.159. The van der Waals surface area contributed by atoms with Crippen LogP contribution in [0.1, 0.15) is 5.56 Å². The van der Waals surface area contributed by atoms with Crippen LogP contribution < -0.4 is 5.56 Å². The summed E-state index contributed by atoms with van der Waals surface area (Å²) in [6, 6.07) is 13.4. The van der Waals surface area contributed by atoms with Crippen LogP contribution in [-0.4, -0.2) is 21.2 Å². The van der Waals surface area contributed by atoms with E-state index in [0.717, 1.165) is 22.1 Å². The normalized spacial score (nSPS) is 11.6. The minimum absolute atomic E-state index is 0.159. The molecule has 22 heavy (non-hydrogen) atoms. The van der Waals surface area contributed by atoms with Gasteiger partial charge >= 0.3 is 0 Å². The fraction of sp³-hybridized carbons (Fsp3) is 0. The minimum Gasteiger partial charge on any atom is -0.346 e. The van der Waals surface area contributed by atoms with Crippen LogP contribution >= 0.6 is 0 Å². The topological polar surface area (TPSA) is 73.9 Å². The Kier molecular flexibility index (Phi) is 2.83. The maximum atomic E-state index is 12.2. The van der Waals surface area contributed by atoms with Gasteiger partial charge in [-0.05, 0) is 24.3 Å². The summed E-state index contributed by atoms with van der Waals surface area (Å²) in [5.41, 5.74) is 2.65. The summed E-state index contributed by atoms with van der Waals surface area (Å²) in [4.78, 5) is 26.8. The predicted octanol–water partition coefficient (Wildman–Crippen LogP) is 3.16. The number of hydrogen-bond acceptors (Lipinski definition) is 3. The Bertz CT molecular complexity index is 1040. The van der Waals surface area contributed by atoms with Gasteiger partial charge in [0, 0.05) is 23.2 Å². The van der Waals surface area contributed by atoms with Crippen LogP contribution in [-0.2, 0) is 0 Å². The number of hydrogen-bond donors (Lipinski definition) is 2. The van der Waals surface area contributed by atoms with Gasteiger partial charge < -0.3 is 9.97 Å². The third kappa shape index (κ3) is 2.00. The molecule has 1 aromatic carbocycles. The number of rotatable bonds is 2. The Morgan fingerprint density at radius 1 is 1.09 bits per heavy atom. The van der Waals surface area contributed by atoms with Crippen molar-refractivity contribution >= 4 is 33.8 Å². The number of nitrogens with zero attached hydrogens (tertiary/aromatic N) is 2. The van der Waals surface area contributed by atoms with Gasteiger partial charge in [0.1, 0.15) is 5.65 Å². The summed E-state index contributed by atoms with van der Waals surface area (Å²) in [6.07, 6.45) is 5.09. The van der Waals surface area contributed by atoms with Gasteiger partial charge in [-0.1, -0.05) is 18.2 Å². The van der Waals surface area contributed by atoms with Gasteiger partial charge in [-0.2, -0.15) is 0 Å². The van der Waals surface area contributed by atoms with Gasteiger partial charge in [0.05, 0.1) is 23.0 Å². The van der Waals surface area contributed by atoms with E-state index in [1.807, 2.05) is 48.7 Å². The Labute approximate surface area is 125 Å². The molecule has 0 radical (unpaired) electrons. The first kappa shape index (κ1) is 12.5. The maximum Gasteiger partial charge on any atom is 0.258 e. The molecule has 0 aliphatic rings. The number of nitrogens with one attached hydrogen (secondary N) is 2. The highest BCUT2D eigenvalue weighted by atomic mass is 16.1. The number of benzene rings is 1. The van der Waals surface area contributed by atoms with Gasteiger partial charge in [0.15, 0.2) is 0 Å². The summed E-state index contributed by atoms with van der Waals surface area (Å²) < 4.78 is 0. The standard InChI is InChI=1S/C17H12N4O/c22-17-13(9-19-11-5-2-1-3-6-11)15-12-7-4-8-18-16(12)20-10-14(15)21-17/h1-10H,(H,18,20)(H,21,22). The molecule has 106 valence electrons. The van der Waals surface area contributed by atoms with Gasteiger partial charge in [0.25, 0.3) is 5.56 Å². The SMILES string of the molecule is O=c1[nH]c2cnc3[nH]cccc3c2c1C=Nc1ccccc1. The lowest BCUT2D eigenvalue weighted by atomic mass is 10.1. The summed E-state index contributed by atoms with van der Waals surface area (Å²) >= 11 is 0. The van der Waals surface area contributed by atoms with E-state index < -0.39 is 0 Å². The van der Waals surface area contributed by atoms with Crippen LogP contribution in [0.25, 0.3) is 21.9 Å². The van der Waals surface area contributed by atoms with Crippen molar-refractivity contribution in [3.05, 3.63) is 70.8 Å². The molecule has 0 bridgehead atoms. The smallest absolute Gasteiger partial charge is 0.258 e. The number of fused-ring (bicyclic) bond motifs is 3. The van der Waals surface area contributed by atoms with E-state index in [4.69, 9.17) is 0 Å². The molecule has 0 fully saturated rings. The third-order valence-electron chi connectivity index (χ3n) is 3.56. The first-order valence-corrected chi connectivity index (χ1v) is 6.90. The van der Waals surface area contributed by atoms with Crippen LogP contribution in [0, 0.1) is 0 Å². The quantitative estimate of drug-likeness (QED) is 0.556. The molecular formula is C17H12N4O. The molecule has 4 rings (SSSR count). The van der Waals surface area contributed by atoms with Crippen molar-refractivity contribution in [3.63, 3.8) is 0 Å². The predicted molar refractivity (Wildman–Crippen MR) is 87.9 cm³/mol. The van der Waals surface area contributed by atoms with Crippen molar-refractivity contribution in [2.75, 3.05) is 0 Å². The molecule has 0 saturated carbocycles. The lowest BCUT2D eigenvalue weighted by molar-refractivity contribution is 1.28. The molecular weight excluding hydrogens is 276 g/mol. The lowest BCUT2D eigenvalue weighted by Gasteiger charge is -1.99. The Morgan fingerprint density at radius 3 is 2.82 bits per heavy atom. The summed E-state index contributed by atoms with van der Waals surface area (Å²) in [5, 5.41) is 1.74. The number of aromatic nitrogens is 3. The molecule has 2 N–H and O–H groups in total. The maximum absolute atomic E-state index is 12.2. The number of H-pyrrole nitrogens is 2. The van der Waals surface area contributed by atoms with Crippen LogP contribution in [0.5, 0.6) is 0 Å². The van der Waals surface area contributed by atoms with Crippen LogP contribution in [0.3, 0.4) is 0 Å². The van der Waals surface area contributed by atoms with Crippen molar-refractivity contribution in [1.82, 2.24) is 15.0 Å². The van der Waals surface area contributed by atoms with Gasteiger partial charge in [-0.3, -0.25) is 9.79 Å². The Hall–Kier alpha value is -3.21. The molecule has 0 unspecified atom stereocenters. The molecule has 3 heterocycles. The van der Waals surface area contributed by atoms with Crippen molar-refractivity contribution in [2.45, 2.75) is 0 Å². The fourth-order valence-corrected chi connectivity index (χ4v) is 2.54. The van der Waals surface area contributed by atoms with Crippen molar-refractivity contribution in [1.29, 1.82) is 0 Å². The Morgan fingerprint density at radius 2 is 1.95 bits per heavy atom. The van der Waals surface area contributed by atoms with E-state index >= 15 is 0 Å². The molecule has 5 heteroatoms. The second-order valence-corrected chi connectivity index (χ2v) is 4.94. The Balaban J connectivity index is 1.97. The zero-order valence-corrected chi connectivity index (χ0v) is 11.6. The van der Waals surface area contributed by atoms with Crippen molar-refractivity contribution in [3.8, 4) is 0 Å². The van der Waals surface area contributed by atoms with Crippen molar-refractivity contribution in [2.24, 2.45) is 4.99 Å². The van der Waals surface area contributed by atoms with Crippen LogP contribution in [0.4, 0.5) is 5.69 Å². The largest absolute Gasteiger partial charge is 0.346 e. The van der Waals surface area contributed by atoms with E-state index in [1.54, 1.807) is 12.4 Å². The zero-order valence-electron chi connectivity index (χ0n) is 11.6. The summed E-state index contributed by atoms with van der Waals surface area (Å²) in [7, 11) is 0. The molecule has 0 saturated heterocycles. The molecule has 5 nitrogen and oxygen atoms in total. The van der Waals surface area contributed by atoms with Gasteiger partial charge in [-0.25, -0.2) is 4.98 Å². The summed E-state index contributed by atoms with van der Waals surface area (Å²) in [5.74, 6) is 0. The molecule has 0 aliphatic heterocycles. The molecule has 0 amide bonds. The van der Waals surface area contributed by atoms with E-state index in [1.165, 1.54) is 0 Å². The van der Waals surface area contributed by atoms with Crippen LogP contribution in [0.15, 0.2) is 64.6 Å². The van der Waals surface area contributed by atoms with E-state index in [0.29, 0.717) is 11.1 Å². The number of pyridine rings is 2. The average Bonchev–Trinajstić information content (AvgIpc) is 2.90. The van der Waals surface area contributed by atoms with E-state index in [-0.39, 0.29) is 5.56 Å². The molecule has 0 spiro atoms. The van der Waals surface area contributed by atoms with E-state index in [9.17, 15) is 4.79 Å². The monoisotopic (exact) mass is 288 g/mol. The summed E-state index contributed by atoms with van der Waals surface area (Å²) in [6.45, 7) is 0. The van der Waals surface area contributed by atoms with Crippen molar-refractivity contribution < 1.29 is 0 Å². The highest BCUT2D eigenvalue weighted by Gasteiger charge is 2.11. The molecule has 0 aliphatic carbocycles. The first-order valence-electron chi connectivity index (χ1n) is 6.90. The number of aliphatic imine (C=N–C) groups is 1. The second-order valence-electron chi connectivity index (χ2n) is 4.94. The highest BCUT2D eigenvalue weighted by molar-refractivity contribution is 6.12.